The number of hydrogen-bond donors (Lipinski definition) is 1. The second-order valence-electron chi connectivity index (χ2n) is 8.92. The Bertz CT molecular complexity index is 936. The van der Waals surface area contributed by atoms with Gasteiger partial charge in [0, 0.05) is 30.6 Å². The minimum Gasteiger partial charge on any atom is -0.352 e. The molecule has 0 radical (unpaired) electrons. The lowest BCUT2D eigenvalue weighted by Gasteiger charge is -2.32. The van der Waals surface area contributed by atoms with Crippen LogP contribution in [0.1, 0.15) is 52.2 Å². The van der Waals surface area contributed by atoms with Crippen LogP contribution in [0.2, 0.25) is 0 Å². The lowest BCUT2D eigenvalue weighted by atomic mass is 9.92. The molecule has 3 aliphatic rings. The first-order valence-electron chi connectivity index (χ1n) is 10.9. The molecule has 2 aromatic carbocycles. The second kappa shape index (κ2) is 7.33. The number of hydrogen-bond acceptors (Lipinski definition) is 2. The van der Waals surface area contributed by atoms with Crippen LogP contribution in [-0.2, 0) is 11.2 Å². The number of nitrogens with one attached hydrogen (secondary N) is 1. The SMILES string of the molecule is Cc1ccc(C(=O)N2CCC[C@H](C(=O)N[C@@H]3[C@@H]4CCc5ccccc5[C@H]43)C2)cc1. The maximum Gasteiger partial charge on any atom is 0.253 e. The van der Waals surface area contributed by atoms with Gasteiger partial charge in [0.15, 0.2) is 0 Å². The van der Waals surface area contributed by atoms with Gasteiger partial charge in [0.25, 0.3) is 5.91 Å². The lowest BCUT2D eigenvalue weighted by Crippen LogP contribution is -2.46. The van der Waals surface area contributed by atoms with E-state index in [4.69, 9.17) is 0 Å². The van der Waals surface area contributed by atoms with Gasteiger partial charge >= 0.3 is 0 Å². The summed E-state index contributed by atoms with van der Waals surface area (Å²) in [5.74, 6) is 1.14. The molecule has 0 bridgehead atoms. The molecule has 29 heavy (non-hydrogen) atoms. The standard InChI is InChI=1S/C25H28N2O2/c1-16-8-10-18(11-9-16)25(29)27-14-4-6-19(15-27)24(28)26-23-21-13-12-17-5-2-3-7-20(17)22(21)23/h2-3,5,7-11,19,21-23H,4,6,12-15H2,1H3,(H,26,28)/t19-,21+,22+,23+/m0/s1. The number of nitrogens with zero attached hydrogens (tertiary/aromatic N) is 1. The van der Waals surface area contributed by atoms with Crippen LogP contribution >= 0.6 is 0 Å². The molecule has 0 spiro atoms. The molecule has 2 amide bonds. The molecule has 2 fully saturated rings. The van der Waals surface area contributed by atoms with Gasteiger partial charge in [0.2, 0.25) is 5.91 Å². The Labute approximate surface area is 172 Å². The van der Waals surface area contributed by atoms with Crippen LogP contribution in [0, 0.1) is 18.8 Å². The Hall–Kier alpha value is -2.62. The maximum atomic E-state index is 13.0. The third-order valence-electron chi connectivity index (χ3n) is 7.02. The third-order valence-corrected chi connectivity index (χ3v) is 7.02. The summed E-state index contributed by atoms with van der Waals surface area (Å²) in [4.78, 5) is 27.7. The average Bonchev–Trinajstić information content (AvgIpc) is 3.47. The molecule has 0 unspecified atom stereocenters. The van der Waals surface area contributed by atoms with E-state index in [1.54, 1.807) is 0 Å². The van der Waals surface area contributed by atoms with E-state index >= 15 is 0 Å². The van der Waals surface area contributed by atoms with Gasteiger partial charge in [-0.1, -0.05) is 42.0 Å². The van der Waals surface area contributed by atoms with E-state index in [2.05, 4.69) is 29.6 Å². The number of carbonyl (C=O) groups is 2. The molecule has 0 aromatic heterocycles. The first-order valence-corrected chi connectivity index (χ1v) is 10.9. The van der Waals surface area contributed by atoms with Crippen molar-refractivity contribution < 1.29 is 9.59 Å². The lowest BCUT2D eigenvalue weighted by molar-refractivity contribution is -0.126. The Morgan fingerprint density at radius 1 is 1.03 bits per heavy atom. The number of benzene rings is 2. The molecule has 2 aliphatic carbocycles. The number of likely N-dealkylation sites (tertiary alicyclic amines) is 1. The van der Waals surface area contributed by atoms with Crippen LogP contribution in [0.15, 0.2) is 48.5 Å². The van der Waals surface area contributed by atoms with Gasteiger partial charge in [-0.3, -0.25) is 9.59 Å². The smallest absolute Gasteiger partial charge is 0.253 e. The molecule has 1 saturated heterocycles. The summed E-state index contributed by atoms with van der Waals surface area (Å²) in [6, 6.07) is 16.6. The molecule has 1 saturated carbocycles. The number of rotatable bonds is 3. The van der Waals surface area contributed by atoms with Crippen molar-refractivity contribution in [3.63, 3.8) is 0 Å². The van der Waals surface area contributed by atoms with Gasteiger partial charge in [-0.2, -0.15) is 0 Å². The van der Waals surface area contributed by atoms with E-state index in [1.165, 1.54) is 11.1 Å². The van der Waals surface area contributed by atoms with E-state index in [9.17, 15) is 9.59 Å². The normalized spacial score (nSPS) is 27.6. The van der Waals surface area contributed by atoms with E-state index < -0.39 is 0 Å². The van der Waals surface area contributed by atoms with Crippen molar-refractivity contribution in [3.8, 4) is 0 Å². The highest BCUT2D eigenvalue weighted by molar-refractivity contribution is 5.94. The monoisotopic (exact) mass is 388 g/mol. The topological polar surface area (TPSA) is 49.4 Å². The van der Waals surface area contributed by atoms with Gasteiger partial charge < -0.3 is 10.2 Å². The zero-order chi connectivity index (χ0) is 20.0. The zero-order valence-corrected chi connectivity index (χ0v) is 16.9. The van der Waals surface area contributed by atoms with Crippen molar-refractivity contribution in [2.75, 3.05) is 13.1 Å². The maximum absolute atomic E-state index is 13.0. The molecule has 150 valence electrons. The molecule has 5 rings (SSSR count). The highest BCUT2D eigenvalue weighted by Gasteiger charge is 2.54. The van der Waals surface area contributed by atoms with Crippen LogP contribution in [0.5, 0.6) is 0 Å². The molecule has 1 heterocycles. The van der Waals surface area contributed by atoms with Crippen molar-refractivity contribution in [1.29, 1.82) is 0 Å². The van der Waals surface area contributed by atoms with Crippen LogP contribution in [0.3, 0.4) is 0 Å². The van der Waals surface area contributed by atoms with Gasteiger partial charge in [0.05, 0.1) is 5.92 Å². The summed E-state index contributed by atoms with van der Waals surface area (Å²) in [6.07, 6.45) is 4.03. The van der Waals surface area contributed by atoms with Gasteiger partial charge in [-0.05, 0) is 61.8 Å². The molecule has 2 aromatic rings. The zero-order valence-electron chi connectivity index (χ0n) is 16.9. The van der Waals surface area contributed by atoms with Crippen molar-refractivity contribution in [3.05, 3.63) is 70.8 Å². The van der Waals surface area contributed by atoms with E-state index in [-0.39, 0.29) is 23.8 Å². The Kier molecular flexibility index (Phi) is 4.65. The second-order valence-corrected chi connectivity index (χ2v) is 8.92. The first-order chi connectivity index (χ1) is 14.1. The fraction of sp³-hybridized carbons (Fsp3) is 0.440. The van der Waals surface area contributed by atoms with E-state index in [0.717, 1.165) is 37.8 Å². The number of amides is 2. The van der Waals surface area contributed by atoms with Crippen LogP contribution in [0.25, 0.3) is 0 Å². The Balaban J connectivity index is 1.22. The summed E-state index contributed by atoms with van der Waals surface area (Å²) >= 11 is 0. The van der Waals surface area contributed by atoms with Crippen LogP contribution < -0.4 is 5.32 Å². The van der Waals surface area contributed by atoms with Gasteiger partial charge in [0.1, 0.15) is 0 Å². The average molecular weight is 389 g/mol. The first kappa shape index (κ1) is 18.4. The van der Waals surface area contributed by atoms with Gasteiger partial charge in [-0.15, -0.1) is 0 Å². The summed E-state index contributed by atoms with van der Waals surface area (Å²) in [7, 11) is 0. The van der Waals surface area contributed by atoms with E-state index in [0.29, 0.717) is 23.9 Å². The number of fused-ring (bicyclic) bond motifs is 3. The fourth-order valence-electron chi connectivity index (χ4n) is 5.30. The summed E-state index contributed by atoms with van der Waals surface area (Å²) in [5, 5.41) is 3.34. The van der Waals surface area contributed by atoms with Crippen molar-refractivity contribution in [2.45, 2.75) is 44.6 Å². The summed E-state index contributed by atoms with van der Waals surface area (Å²) < 4.78 is 0. The predicted molar refractivity (Wildman–Crippen MR) is 113 cm³/mol. The van der Waals surface area contributed by atoms with Gasteiger partial charge in [-0.25, -0.2) is 0 Å². The largest absolute Gasteiger partial charge is 0.352 e. The molecular formula is C25H28N2O2. The van der Waals surface area contributed by atoms with Crippen molar-refractivity contribution in [1.82, 2.24) is 10.2 Å². The van der Waals surface area contributed by atoms with E-state index in [1.807, 2.05) is 36.1 Å². The number of piperidine rings is 1. The fourth-order valence-corrected chi connectivity index (χ4v) is 5.30. The van der Waals surface area contributed by atoms with Crippen LogP contribution in [-0.4, -0.2) is 35.8 Å². The predicted octanol–water partition coefficient (Wildman–Crippen LogP) is 3.69. The summed E-state index contributed by atoms with van der Waals surface area (Å²) in [6.45, 7) is 3.28. The molecule has 1 aliphatic heterocycles. The minimum atomic E-state index is -0.101. The van der Waals surface area contributed by atoms with Crippen LogP contribution in [0.4, 0.5) is 0 Å². The van der Waals surface area contributed by atoms with Crippen molar-refractivity contribution in [2.24, 2.45) is 11.8 Å². The highest BCUT2D eigenvalue weighted by Crippen LogP contribution is 2.54. The third kappa shape index (κ3) is 3.45. The highest BCUT2D eigenvalue weighted by atomic mass is 16.2. The number of aryl methyl sites for hydroxylation is 2. The Morgan fingerprint density at radius 3 is 2.66 bits per heavy atom. The minimum absolute atomic E-state index is 0.0384. The quantitative estimate of drug-likeness (QED) is 0.872. The number of carbonyl (C=O) groups excluding carboxylic acids is 2. The van der Waals surface area contributed by atoms with Crippen molar-refractivity contribution >= 4 is 11.8 Å². The summed E-state index contributed by atoms with van der Waals surface area (Å²) in [5.41, 5.74) is 4.72. The molecule has 4 heteroatoms. The molecule has 4 atom stereocenters. The molecule has 4 nitrogen and oxygen atoms in total. The molecular weight excluding hydrogens is 360 g/mol. The Morgan fingerprint density at radius 2 is 1.83 bits per heavy atom. The molecule has 1 N–H and O–H groups in total.